The molecule has 20 heavy (non-hydrogen) atoms. The van der Waals surface area contributed by atoms with Gasteiger partial charge in [-0.15, -0.1) is 0 Å². The summed E-state index contributed by atoms with van der Waals surface area (Å²) in [6.07, 6.45) is 0. The number of hydrogen-bond acceptors (Lipinski definition) is 5. The van der Waals surface area contributed by atoms with Crippen molar-refractivity contribution >= 4 is 17.6 Å². The zero-order chi connectivity index (χ0) is 15.0. The van der Waals surface area contributed by atoms with Crippen LogP contribution in [0.4, 0.5) is 5.69 Å². The molecule has 7 heteroatoms. The Bertz CT molecular complexity index is 474. The molecule has 1 rings (SSSR count). The molecule has 0 aliphatic carbocycles. The van der Waals surface area contributed by atoms with Crippen LogP contribution in [0.1, 0.15) is 6.92 Å². The topological polar surface area (TPSA) is 94.1 Å². The third kappa shape index (κ3) is 5.15. The smallest absolute Gasteiger partial charge is 0.329 e. The van der Waals surface area contributed by atoms with Gasteiger partial charge in [-0.25, -0.2) is 4.79 Å². The maximum atomic E-state index is 11.5. The molecule has 0 aromatic heterocycles. The first-order valence-corrected chi connectivity index (χ1v) is 5.97. The molecule has 7 nitrogen and oxygen atoms in total. The molecule has 0 heterocycles. The van der Waals surface area contributed by atoms with Gasteiger partial charge in [0.05, 0.1) is 13.7 Å². The van der Waals surface area contributed by atoms with Gasteiger partial charge in [0.2, 0.25) is 5.91 Å². The third-order valence-corrected chi connectivity index (χ3v) is 2.21. The highest BCUT2D eigenvalue weighted by atomic mass is 16.5. The number of anilines is 1. The van der Waals surface area contributed by atoms with E-state index in [4.69, 9.17) is 14.6 Å². The third-order valence-electron chi connectivity index (χ3n) is 2.21. The Hall–Kier alpha value is -2.28. The highest BCUT2D eigenvalue weighted by molar-refractivity contribution is 5.92. The lowest BCUT2D eigenvalue weighted by Gasteiger charge is -2.11. The number of carboxylic acid groups (broad SMARTS) is 1. The summed E-state index contributed by atoms with van der Waals surface area (Å²) in [6, 6.07) is 4.94. The summed E-state index contributed by atoms with van der Waals surface area (Å²) in [5.74, 6) is -0.496. The molecule has 0 atom stereocenters. The first kappa shape index (κ1) is 15.8. The Morgan fingerprint density at radius 2 is 2.00 bits per heavy atom. The number of nitrogens with one attached hydrogen (secondary N) is 1. The van der Waals surface area contributed by atoms with E-state index >= 15 is 0 Å². The van der Waals surface area contributed by atoms with E-state index in [0.29, 0.717) is 23.8 Å². The van der Waals surface area contributed by atoms with Crippen LogP contribution in [0.25, 0.3) is 0 Å². The van der Waals surface area contributed by atoms with Crippen LogP contribution in [0.3, 0.4) is 0 Å². The van der Waals surface area contributed by atoms with E-state index in [1.807, 2.05) is 6.92 Å². The predicted octanol–water partition coefficient (Wildman–Crippen LogP) is 1.13. The number of carbonyl (C=O) groups excluding carboxylic acids is 1. The number of benzene rings is 1. The molecule has 2 N–H and O–H groups in total. The lowest BCUT2D eigenvalue weighted by molar-refractivity contribution is -0.143. The van der Waals surface area contributed by atoms with E-state index in [2.05, 4.69) is 10.1 Å². The molecule has 0 saturated carbocycles. The molecule has 0 unspecified atom stereocenters. The van der Waals surface area contributed by atoms with Crippen molar-refractivity contribution in [2.24, 2.45) is 0 Å². The maximum Gasteiger partial charge on any atom is 0.329 e. The van der Waals surface area contributed by atoms with E-state index in [1.54, 1.807) is 18.2 Å². The van der Waals surface area contributed by atoms with Crippen LogP contribution in [-0.4, -0.2) is 43.9 Å². The van der Waals surface area contributed by atoms with Gasteiger partial charge in [-0.2, -0.15) is 0 Å². The monoisotopic (exact) mass is 283 g/mol. The molecule has 0 bridgehead atoms. The van der Waals surface area contributed by atoms with E-state index in [0.717, 1.165) is 0 Å². The van der Waals surface area contributed by atoms with Gasteiger partial charge in [0.15, 0.2) is 11.5 Å². The van der Waals surface area contributed by atoms with Crippen LogP contribution in [0.2, 0.25) is 0 Å². The van der Waals surface area contributed by atoms with Gasteiger partial charge in [-0.05, 0) is 19.1 Å². The molecule has 1 aromatic carbocycles. The number of carbonyl (C=O) groups is 2. The van der Waals surface area contributed by atoms with Gasteiger partial charge in [0.1, 0.15) is 13.2 Å². The second kappa shape index (κ2) is 8.00. The van der Waals surface area contributed by atoms with E-state index in [9.17, 15) is 9.59 Å². The molecule has 0 fully saturated rings. The molecule has 0 spiro atoms. The van der Waals surface area contributed by atoms with E-state index in [-0.39, 0.29) is 6.61 Å². The van der Waals surface area contributed by atoms with Crippen molar-refractivity contribution in [3.05, 3.63) is 18.2 Å². The Morgan fingerprint density at radius 3 is 2.60 bits per heavy atom. The molecule has 0 saturated heterocycles. The van der Waals surface area contributed by atoms with E-state index < -0.39 is 18.5 Å². The fourth-order valence-corrected chi connectivity index (χ4v) is 1.45. The minimum Gasteiger partial charge on any atom is -0.493 e. The van der Waals surface area contributed by atoms with Crippen LogP contribution in [0, 0.1) is 0 Å². The zero-order valence-corrected chi connectivity index (χ0v) is 11.3. The normalized spacial score (nSPS) is 9.90. The molecular formula is C13H17NO6. The molecule has 110 valence electrons. The molecule has 0 aliphatic heterocycles. The first-order chi connectivity index (χ1) is 9.56. The van der Waals surface area contributed by atoms with Crippen LogP contribution < -0.4 is 14.8 Å². The number of ether oxygens (including phenoxy) is 3. The Labute approximate surface area is 116 Å². The highest BCUT2D eigenvalue weighted by Gasteiger charge is 2.08. The largest absolute Gasteiger partial charge is 0.493 e. The Kier molecular flexibility index (Phi) is 6.31. The summed E-state index contributed by atoms with van der Waals surface area (Å²) in [6.45, 7) is 1.52. The van der Waals surface area contributed by atoms with Gasteiger partial charge in [0.25, 0.3) is 0 Å². The number of amides is 1. The summed E-state index contributed by atoms with van der Waals surface area (Å²) in [4.78, 5) is 21.7. The summed E-state index contributed by atoms with van der Waals surface area (Å²) >= 11 is 0. The number of hydrogen-bond donors (Lipinski definition) is 2. The van der Waals surface area contributed by atoms with Crippen molar-refractivity contribution in [3.63, 3.8) is 0 Å². The summed E-state index contributed by atoms with van der Waals surface area (Å²) < 4.78 is 15.2. The second-order valence-electron chi connectivity index (χ2n) is 3.73. The van der Waals surface area contributed by atoms with Crippen molar-refractivity contribution in [2.45, 2.75) is 6.92 Å². The lowest BCUT2D eigenvalue weighted by Crippen LogP contribution is -2.20. The van der Waals surface area contributed by atoms with Gasteiger partial charge in [-0.3, -0.25) is 4.79 Å². The molecule has 0 radical (unpaired) electrons. The molecule has 1 amide bonds. The number of methoxy groups -OCH3 is 1. The number of aliphatic carboxylic acids is 1. The average molecular weight is 283 g/mol. The van der Waals surface area contributed by atoms with Crippen LogP contribution >= 0.6 is 0 Å². The maximum absolute atomic E-state index is 11.5. The van der Waals surface area contributed by atoms with Gasteiger partial charge in [0, 0.05) is 11.8 Å². The van der Waals surface area contributed by atoms with Crippen molar-refractivity contribution in [1.82, 2.24) is 0 Å². The average Bonchev–Trinajstić information content (AvgIpc) is 2.40. The summed E-state index contributed by atoms with van der Waals surface area (Å²) in [7, 11) is 1.50. The van der Waals surface area contributed by atoms with Gasteiger partial charge in [-0.1, -0.05) is 0 Å². The summed E-state index contributed by atoms with van der Waals surface area (Å²) in [5.41, 5.74) is 0.509. The molecule has 0 aliphatic rings. The minimum atomic E-state index is -1.12. The van der Waals surface area contributed by atoms with Crippen molar-refractivity contribution in [1.29, 1.82) is 0 Å². The molecular weight excluding hydrogens is 266 g/mol. The standard InChI is InChI=1S/C13H17NO6/c1-3-20-10-5-4-9(6-11(10)18-2)14-12(15)7-19-8-13(16)17/h4-6H,3,7-8H2,1-2H3,(H,14,15)(H,16,17). The SMILES string of the molecule is CCOc1ccc(NC(=O)COCC(=O)O)cc1OC. The number of rotatable bonds is 8. The minimum absolute atomic E-state index is 0.332. The first-order valence-electron chi connectivity index (χ1n) is 5.97. The fourth-order valence-electron chi connectivity index (χ4n) is 1.45. The second-order valence-corrected chi connectivity index (χ2v) is 3.73. The van der Waals surface area contributed by atoms with Crippen molar-refractivity contribution in [2.75, 3.05) is 32.2 Å². The highest BCUT2D eigenvalue weighted by Crippen LogP contribution is 2.30. The Morgan fingerprint density at radius 1 is 1.25 bits per heavy atom. The van der Waals surface area contributed by atoms with Gasteiger partial charge >= 0.3 is 5.97 Å². The van der Waals surface area contributed by atoms with Crippen molar-refractivity contribution < 1.29 is 28.9 Å². The van der Waals surface area contributed by atoms with Crippen LogP contribution in [-0.2, 0) is 14.3 Å². The lowest BCUT2D eigenvalue weighted by atomic mass is 10.2. The Balaban J connectivity index is 2.59. The zero-order valence-electron chi connectivity index (χ0n) is 11.3. The van der Waals surface area contributed by atoms with Crippen LogP contribution in [0.5, 0.6) is 11.5 Å². The summed E-state index contributed by atoms with van der Waals surface area (Å²) in [5, 5.41) is 10.9. The van der Waals surface area contributed by atoms with Crippen molar-refractivity contribution in [3.8, 4) is 11.5 Å². The predicted molar refractivity (Wildman–Crippen MR) is 71.2 cm³/mol. The quantitative estimate of drug-likeness (QED) is 0.743. The number of carboxylic acids is 1. The van der Waals surface area contributed by atoms with Crippen LogP contribution in [0.15, 0.2) is 18.2 Å². The van der Waals surface area contributed by atoms with Gasteiger partial charge < -0.3 is 24.6 Å². The molecule has 1 aromatic rings. The van der Waals surface area contributed by atoms with E-state index in [1.165, 1.54) is 7.11 Å². The fraction of sp³-hybridized carbons (Fsp3) is 0.385.